The van der Waals surface area contributed by atoms with E-state index in [0.717, 1.165) is 69.9 Å². The molecule has 4 fully saturated rings. The molecule has 5 aliphatic rings. The fourth-order valence-corrected chi connectivity index (χ4v) is 9.86. The van der Waals surface area contributed by atoms with Gasteiger partial charge in [-0.25, -0.2) is 9.52 Å². The SMILES string of the molecule is COc1ccc2c(c1)C1CC1(C(=O)N1C3C[C@H]1CN(C(=O)N(C)C)C3)Cn1c-2c(C2CCCCC2)c2ccc(C(=O)NS(=O)(=O)N(C)C)cc21. The maximum absolute atomic E-state index is 15.0. The molecule has 4 heterocycles. The Kier molecular flexibility index (Phi) is 7.76. The first-order valence-electron chi connectivity index (χ1n) is 17.7. The molecule has 2 bridgehead atoms. The maximum atomic E-state index is 15.0. The number of likely N-dealkylation sites (tertiary alicyclic amines) is 2. The van der Waals surface area contributed by atoms with Crippen LogP contribution in [-0.2, 0) is 21.5 Å². The number of hydrogen-bond acceptors (Lipinski definition) is 6. The second kappa shape index (κ2) is 11.7. The molecule has 3 aliphatic heterocycles. The summed E-state index contributed by atoms with van der Waals surface area (Å²) >= 11 is 0. The Balaban J connectivity index is 1.26. The van der Waals surface area contributed by atoms with E-state index in [1.807, 2.05) is 17.0 Å². The molecule has 266 valence electrons. The average molecular weight is 703 g/mol. The van der Waals surface area contributed by atoms with Gasteiger partial charge in [-0.2, -0.15) is 12.7 Å². The van der Waals surface area contributed by atoms with Crippen molar-refractivity contribution in [3.63, 3.8) is 0 Å². The van der Waals surface area contributed by atoms with Crippen LogP contribution in [0, 0.1) is 5.41 Å². The van der Waals surface area contributed by atoms with Crippen LogP contribution < -0.4 is 9.46 Å². The maximum Gasteiger partial charge on any atom is 0.319 e. The molecular weight excluding hydrogens is 657 g/mol. The molecule has 2 aliphatic carbocycles. The van der Waals surface area contributed by atoms with Gasteiger partial charge in [-0.15, -0.1) is 0 Å². The number of fused-ring (bicyclic) bond motifs is 9. The van der Waals surface area contributed by atoms with Crippen molar-refractivity contribution in [1.29, 1.82) is 0 Å². The van der Waals surface area contributed by atoms with Crippen LogP contribution in [0.3, 0.4) is 0 Å². The normalized spacial score (nSPS) is 25.6. The van der Waals surface area contributed by atoms with E-state index in [1.54, 1.807) is 38.2 Å². The van der Waals surface area contributed by atoms with Gasteiger partial charge in [-0.3, -0.25) is 9.59 Å². The molecule has 8 rings (SSSR count). The molecular formula is C37H46N6O6S. The summed E-state index contributed by atoms with van der Waals surface area (Å²) in [6.45, 7) is 1.51. The van der Waals surface area contributed by atoms with E-state index in [-0.39, 0.29) is 35.5 Å². The molecule has 13 heteroatoms. The van der Waals surface area contributed by atoms with Crippen LogP contribution in [0.5, 0.6) is 5.75 Å². The summed E-state index contributed by atoms with van der Waals surface area (Å²) in [5.74, 6) is 0.499. The average Bonchev–Trinajstić information content (AvgIpc) is 3.77. The molecule has 0 radical (unpaired) electrons. The third-order valence-electron chi connectivity index (χ3n) is 12.0. The molecule has 2 saturated carbocycles. The molecule has 2 aromatic carbocycles. The number of aromatic nitrogens is 1. The van der Waals surface area contributed by atoms with Crippen molar-refractivity contribution in [1.82, 2.24) is 28.3 Å². The minimum absolute atomic E-state index is 0.00759. The number of piperidine rings is 1. The molecule has 2 saturated heterocycles. The van der Waals surface area contributed by atoms with Crippen molar-refractivity contribution < 1.29 is 27.5 Å². The van der Waals surface area contributed by atoms with Crippen molar-refractivity contribution in [2.45, 2.75) is 75.4 Å². The molecule has 0 spiro atoms. The number of rotatable bonds is 6. The Hall–Kier alpha value is -4.10. The minimum atomic E-state index is -3.99. The molecule has 1 N–H and O–H groups in total. The number of amides is 4. The van der Waals surface area contributed by atoms with Gasteiger partial charge in [0.2, 0.25) is 5.91 Å². The van der Waals surface area contributed by atoms with E-state index in [4.69, 9.17) is 4.74 Å². The second-order valence-corrected chi connectivity index (χ2v) is 17.2. The summed E-state index contributed by atoms with van der Waals surface area (Å²) in [4.78, 5) is 46.7. The number of urea groups is 1. The topological polar surface area (TPSA) is 124 Å². The fourth-order valence-electron chi connectivity index (χ4n) is 9.33. The predicted molar refractivity (Wildman–Crippen MR) is 189 cm³/mol. The van der Waals surface area contributed by atoms with Crippen LogP contribution in [0.4, 0.5) is 4.79 Å². The summed E-state index contributed by atoms with van der Waals surface area (Å²) in [5, 5.41) is 1.04. The van der Waals surface area contributed by atoms with Gasteiger partial charge < -0.3 is 24.0 Å². The Bertz CT molecular complexity index is 2020. The zero-order valence-electron chi connectivity index (χ0n) is 29.4. The lowest BCUT2D eigenvalue weighted by Crippen LogP contribution is -2.72. The number of carbonyl (C=O) groups is 3. The first kappa shape index (κ1) is 33.1. The lowest BCUT2D eigenvalue weighted by atomic mass is 9.81. The Morgan fingerprint density at radius 3 is 2.34 bits per heavy atom. The molecule has 3 unspecified atom stereocenters. The van der Waals surface area contributed by atoms with Gasteiger partial charge in [0, 0.05) is 75.8 Å². The van der Waals surface area contributed by atoms with Gasteiger partial charge in [-0.05, 0) is 73.1 Å². The smallest absolute Gasteiger partial charge is 0.319 e. The van der Waals surface area contributed by atoms with Crippen LogP contribution in [0.2, 0.25) is 0 Å². The lowest BCUT2D eigenvalue weighted by Gasteiger charge is -2.57. The van der Waals surface area contributed by atoms with Crippen molar-refractivity contribution in [2.24, 2.45) is 5.41 Å². The zero-order chi connectivity index (χ0) is 35.3. The largest absolute Gasteiger partial charge is 0.497 e. The molecule has 12 nitrogen and oxygen atoms in total. The number of piperazine rings is 1. The number of methoxy groups -OCH3 is 1. The minimum Gasteiger partial charge on any atom is -0.497 e. The van der Waals surface area contributed by atoms with Gasteiger partial charge in [0.25, 0.3) is 5.91 Å². The van der Waals surface area contributed by atoms with Gasteiger partial charge in [0.05, 0.1) is 30.3 Å². The van der Waals surface area contributed by atoms with Crippen molar-refractivity contribution in [2.75, 3.05) is 48.4 Å². The number of ether oxygens (including phenoxy) is 1. The molecule has 4 atom stereocenters. The summed E-state index contributed by atoms with van der Waals surface area (Å²) in [7, 11) is 3.94. The van der Waals surface area contributed by atoms with Gasteiger partial charge in [-0.1, -0.05) is 25.3 Å². The van der Waals surface area contributed by atoms with Crippen LogP contribution in [-0.4, -0.2) is 110 Å². The van der Waals surface area contributed by atoms with Crippen LogP contribution in [0.1, 0.15) is 78.3 Å². The van der Waals surface area contributed by atoms with E-state index >= 15 is 0 Å². The molecule has 4 amide bonds. The van der Waals surface area contributed by atoms with E-state index in [1.165, 1.54) is 26.1 Å². The second-order valence-electron chi connectivity index (χ2n) is 15.3. The number of nitrogens with one attached hydrogen (secondary N) is 1. The third kappa shape index (κ3) is 5.02. The number of nitrogens with zero attached hydrogens (tertiary/aromatic N) is 5. The zero-order valence-corrected chi connectivity index (χ0v) is 30.3. The molecule has 50 heavy (non-hydrogen) atoms. The van der Waals surface area contributed by atoms with E-state index in [9.17, 15) is 22.8 Å². The highest BCUT2D eigenvalue weighted by Gasteiger charge is 2.66. The summed E-state index contributed by atoms with van der Waals surface area (Å²) < 4.78 is 36.4. The quantitative estimate of drug-likeness (QED) is 0.408. The molecule has 3 aromatic rings. The van der Waals surface area contributed by atoms with Crippen LogP contribution in [0.15, 0.2) is 36.4 Å². The standard InChI is InChI=1S/C37H46N6O6S/c1-39(2)36(46)41-19-24-16-25(20-41)43(24)35(45)37-18-30(37)29-17-26(49-5)12-14-27(29)33-32(22-9-7-6-8-10-22)28-13-11-23(15-31(28)42(33)21-37)34(44)38-50(47,48)40(3)4/h11-15,17,22,24-25,30H,6-10,16,18-21H2,1-5H3,(H,38,44)/t24-,25?,30?,37?/m0/s1. The van der Waals surface area contributed by atoms with Crippen molar-refractivity contribution in [3.05, 3.63) is 53.1 Å². The number of benzene rings is 2. The Labute approximate surface area is 293 Å². The Morgan fingerprint density at radius 2 is 1.68 bits per heavy atom. The summed E-state index contributed by atoms with van der Waals surface area (Å²) in [6, 6.07) is 11.7. The van der Waals surface area contributed by atoms with E-state index in [2.05, 4.69) is 26.3 Å². The summed E-state index contributed by atoms with van der Waals surface area (Å²) in [6.07, 6.45) is 7.21. The predicted octanol–water partition coefficient (Wildman–Crippen LogP) is 4.35. The number of carbonyl (C=O) groups excluding carboxylic acids is 3. The molecule has 1 aromatic heterocycles. The first-order chi connectivity index (χ1) is 23.8. The highest BCUT2D eigenvalue weighted by molar-refractivity contribution is 7.87. The Morgan fingerprint density at radius 1 is 0.960 bits per heavy atom. The van der Waals surface area contributed by atoms with Crippen LogP contribution in [0.25, 0.3) is 22.2 Å². The van der Waals surface area contributed by atoms with Crippen LogP contribution >= 0.6 is 0 Å². The lowest BCUT2D eigenvalue weighted by molar-refractivity contribution is -0.159. The number of hydrogen-bond donors (Lipinski definition) is 1. The first-order valence-corrected chi connectivity index (χ1v) is 19.2. The van der Waals surface area contributed by atoms with Gasteiger partial charge >= 0.3 is 16.2 Å². The monoisotopic (exact) mass is 702 g/mol. The fraction of sp³-hybridized carbons (Fsp3) is 0.541. The van der Waals surface area contributed by atoms with Crippen molar-refractivity contribution >= 4 is 39.0 Å². The van der Waals surface area contributed by atoms with Crippen molar-refractivity contribution in [3.8, 4) is 17.0 Å². The highest BCUT2D eigenvalue weighted by atomic mass is 32.2. The highest BCUT2D eigenvalue weighted by Crippen LogP contribution is 2.67. The van der Waals surface area contributed by atoms with Gasteiger partial charge in [0.15, 0.2) is 0 Å². The van der Waals surface area contributed by atoms with E-state index in [0.29, 0.717) is 32.0 Å². The van der Waals surface area contributed by atoms with Gasteiger partial charge in [0.1, 0.15) is 5.75 Å². The third-order valence-corrected chi connectivity index (χ3v) is 13.4. The van der Waals surface area contributed by atoms with E-state index < -0.39 is 21.5 Å². The summed E-state index contributed by atoms with van der Waals surface area (Å²) in [5.41, 5.74) is 4.93.